The van der Waals surface area contributed by atoms with Gasteiger partial charge in [0.25, 0.3) is 10.2 Å². The number of rotatable bonds is 11. The van der Waals surface area contributed by atoms with Crippen molar-refractivity contribution in [3.8, 4) is 11.8 Å². The summed E-state index contributed by atoms with van der Waals surface area (Å²) in [7, 11) is -8.14. The van der Waals surface area contributed by atoms with Crippen LogP contribution in [0.25, 0.3) is 0 Å². The maximum Gasteiger partial charge on any atom is 0.333 e. The van der Waals surface area contributed by atoms with Gasteiger partial charge in [0.2, 0.25) is 0 Å². The molecule has 0 unspecified atom stereocenters. The van der Waals surface area contributed by atoms with Gasteiger partial charge in [-0.3, -0.25) is 9.27 Å². The van der Waals surface area contributed by atoms with E-state index in [1.54, 1.807) is 6.07 Å². The second-order valence-corrected chi connectivity index (χ2v) is 7.60. The summed E-state index contributed by atoms with van der Waals surface area (Å²) in [4.78, 5) is 0. The van der Waals surface area contributed by atoms with Gasteiger partial charge in [-0.05, 0) is 25.0 Å². The maximum atomic E-state index is 11.1. The first-order chi connectivity index (χ1) is 11.6. The van der Waals surface area contributed by atoms with E-state index in [1.165, 1.54) is 12.1 Å². The molecule has 0 heterocycles. The van der Waals surface area contributed by atoms with Crippen LogP contribution in [-0.2, 0) is 20.5 Å². The van der Waals surface area contributed by atoms with E-state index in [-0.39, 0.29) is 23.5 Å². The Kier molecular flexibility index (Phi) is 8.07. The van der Waals surface area contributed by atoms with E-state index in [0.29, 0.717) is 19.4 Å². The summed E-state index contributed by atoms with van der Waals surface area (Å²) in [6.45, 7) is 0.457. The third-order valence-corrected chi connectivity index (χ3v) is 4.08. The van der Waals surface area contributed by atoms with Crippen LogP contribution < -0.4 is 19.3 Å². The van der Waals surface area contributed by atoms with Gasteiger partial charge in [-0.25, -0.2) is 5.14 Å². The quantitative estimate of drug-likeness (QED) is 0.313. The molecule has 0 spiro atoms. The van der Waals surface area contributed by atoms with Gasteiger partial charge in [0, 0.05) is 6.54 Å². The summed E-state index contributed by atoms with van der Waals surface area (Å²) in [5.74, 6) is 0.240. The predicted octanol–water partition coefficient (Wildman–Crippen LogP) is 0.505. The lowest BCUT2D eigenvalue weighted by molar-refractivity contribution is 0.304. The number of nitrogens with two attached hydrogens (primary N) is 1. The first-order valence-corrected chi connectivity index (χ1v) is 10.3. The van der Waals surface area contributed by atoms with Crippen molar-refractivity contribution < 1.29 is 26.1 Å². The average molecular weight is 392 g/mol. The minimum absolute atomic E-state index is 0.0360. The number of nitriles is 1. The molecule has 0 saturated carbocycles. The Hall–Kier alpha value is -1.91. The van der Waals surface area contributed by atoms with Crippen LogP contribution in [0, 0.1) is 11.3 Å². The lowest BCUT2D eigenvalue weighted by Crippen LogP contribution is -2.23. The smallest absolute Gasteiger partial charge is 0.333 e. The molecule has 1 rings (SSSR count). The molecule has 0 atom stereocenters. The molecule has 10 nitrogen and oxygen atoms in total. The highest BCUT2D eigenvalue weighted by Gasteiger charge is 2.12. The van der Waals surface area contributed by atoms with Crippen molar-refractivity contribution in [2.45, 2.75) is 25.7 Å². The standard InChI is InChI=1S/C13H20N4O6S2/c14-10-11-12(17-24(15,18)19)6-5-7-13(11)23-9-4-2-1-3-8-16-25(20,21)22/h5-7,16-17H,1-4,8-9H2,(H2,15,18,19)(H,20,21,22). The normalized spacial score (nSPS) is 11.7. The molecule has 0 saturated heterocycles. The van der Waals surface area contributed by atoms with Crippen molar-refractivity contribution in [2.75, 3.05) is 17.9 Å². The number of anilines is 1. The van der Waals surface area contributed by atoms with Crippen LogP contribution >= 0.6 is 0 Å². The number of hydrogen-bond acceptors (Lipinski definition) is 6. The number of nitrogens with one attached hydrogen (secondary N) is 2. The molecule has 1 aromatic rings. The molecule has 1 aromatic carbocycles. The molecular weight excluding hydrogens is 372 g/mol. The Bertz CT molecular complexity index is 817. The van der Waals surface area contributed by atoms with Gasteiger partial charge in [0.1, 0.15) is 17.4 Å². The molecule has 0 aliphatic rings. The zero-order valence-corrected chi connectivity index (χ0v) is 14.9. The largest absolute Gasteiger partial charge is 0.492 e. The molecule has 0 radical (unpaired) electrons. The maximum absolute atomic E-state index is 11.1. The predicted molar refractivity (Wildman–Crippen MR) is 91.4 cm³/mol. The zero-order valence-electron chi connectivity index (χ0n) is 13.3. The van der Waals surface area contributed by atoms with E-state index in [9.17, 15) is 22.1 Å². The van der Waals surface area contributed by atoms with E-state index < -0.39 is 20.5 Å². The topological polar surface area (TPSA) is 172 Å². The fourth-order valence-electron chi connectivity index (χ4n) is 1.97. The molecule has 0 aliphatic heterocycles. The third kappa shape index (κ3) is 9.22. The van der Waals surface area contributed by atoms with Crippen molar-refractivity contribution in [1.82, 2.24) is 4.72 Å². The van der Waals surface area contributed by atoms with E-state index in [0.717, 1.165) is 12.8 Å². The van der Waals surface area contributed by atoms with Gasteiger partial charge in [-0.15, -0.1) is 0 Å². The number of ether oxygens (including phenoxy) is 1. The monoisotopic (exact) mass is 392 g/mol. The van der Waals surface area contributed by atoms with Gasteiger partial charge in [0.05, 0.1) is 12.3 Å². The fourth-order valence-corrected chi connectivity index (χ4v) is 2.85. The van der Waals surface area contributed by atoms with Crippen molar-refractivity contribution in [3.05, 3.63) is 23.8 Å². The Morgan fingerprint density at radius 2 is 1.84 bits per heavy atom. The van der Waals surface area contributed by atoms with Crippen molar-refractivity contribution in [2.24, 2.45) is 5.14 Å². The van der Waals surface area contributed by atoms with Crippen LogP contribution in [0.1, 0.15) is 31.2 Å². The highest BCUT2D eigenvalue weighted by Crippen LogP contribution is 2.26. The summed E-state index contributed by atoms with van der Waals surface area (Å²) < 4.78 is 61.1. The van der Waals surface area contributed by atoms with Crippen LogP contribution in [0.2, 0.25) is 0 Å². The van der Waals surface area contributed by atoms with Crippen molar-refractivity contribution in [3.63, 3.8) is 0 Å². The molecule has 0 bridgehead atoms. The number of hydrogen-bond donors (Lipinski definition) is 4. The Morgan fingerprint density at radius 3 is 2.44 bits per heavy atom. The number of nitrogens with zero attached hydrogens (tertiary/aromatic N) is 1. The molecule has 0 aliphatic carbocycles. The van der Waals surface area contributed by atoms with Crippen LogP contribution in [0.15, 0.2) is 18.2 Å². The van der Waals surface area contributed by atoms with Gasteiger partial charge >= 0.3 is 10.3 Å². The second-order valence-electron chi connectivity index (χ2n) is 5.07. The molecule has 0 amide bonds. The molecule has 5 N–H and O–H groups in total. The molecule has 140 valence electrons. The van der Waals surface area contributed by atoms with E-state index in [2.05, 4.69) is 0 Å². The lowest BCUT2D eigenvalue weighted by atomic mass is 10.1. The minimum Gasteiger partial charge on any atom is -0.492 e. The van der Waals surface area contributed by atoms with Gasteiger partial charge in [-0.1, -0.05) is 18.9 Å². The van der Waals surface area contributed by atoms with Gasteiger partial charge < -0.3 is 4.74 Å². The molecule has 0 fully saturated rings. The summed E-state index contributed by atoms with van der Waals surface area (Å²) in [5.41, 5.74) is 0.0765. The molecular formula is C13H20N4O6S2. The third-order valence-electron chi connectivity index (χ3n) is 3.00. The number of unbranched alkanes of at least 4 members (excludes halogenated alkanes) is 3. The lowest BCUT2D eigenvalue weighted by Gasteiger charge is -2.11. The van der Waals surface area contributed by atoms with Crippen LogP contribution in [-0.4, -0.2) is 34.5 Å². The fraction of sp³-hybridized carbons (Fsp3) is 0.462. The Labute approximate surface area is 147 Å². The molecule has 12 heteroatoms. The highest BCUT2D eigenvalue weighted by atomic mass is 32.2. The minimum atomic E-state index is -4.15. The first-order valence-electron chi connectivity index (χ1n) is 7.31. The van der Waals surface area contributed by atoms with Crippen LogP contribution in [0.4, 0.5) is 5.69 Å². The molecule has 0 aromatic heterocycles. The van der Waals surface area contributed by atoms with E-state index in [4.69, 9.17) is 14.4 Å². The SMILES string of the molecule is N#Cc1c(NS(N)(=O)=O)cccc1OCCCCCCNS(=O)(=O)O. The number of benzene rings is 1. The molecule has 25 heavy (non-hydrogen) atoms. The van der Waals surface area contributed by atoms with Crippen molar-refractivity contribution >= 4 is 26.2 Å². The van der Waals surface area contributed by atoms with E-state index >= 15 is 0 Å². The summed E-state index contributed by atoms with van der Waals surface area (Å²) in [6.07, 6.45) is 2.70. The second kappa shape index (κ2) is 9.54. The van der Waals surface area contributed by atoms with Crippen LogP contribution in [0.3, 0.4) is 0 Å². The van der Waals surface area contributed by atoms with Crippen LogP contribution in [0.5, 0.6) is 5.75 Å². The Morgan fingerprint density at radius 1 is 1.16 bits per heavy atom. The van der Waals surface area contributed by atoms with Crippen molar-refractivity contribution in [1.29, 1.82) is 5.26 Å². The first kappa shape index (κ1) is 21.1. The van der Waals surface area contributed by atoms with E-state index in [1.807, 2.05) is 15.5 Å². The summed E-state index contributed by atoms with van der Waals surface area (Å²) >= 11 is 0. The Balaban J connectivity index is 2.43. The highest BCUT2D eigenvalue weighted by molar-refractivity contribution is 7.90. The average Bonchev–Trinajstić information content (AvgIpc) is 2.47. The zero-order chi connectivity index (χ0) is 18.9. The summed E-state index contributed by atoms with van der Waals surface area (Å²) in [6, 6.07) is 6.35. The van der Waals surface area contributed by atoms with Gasteiger partial charge in [-0.2, -0.15) is 26.8 Å². The van der Waals surface area contributed by atoms with Gasteiger partial charge in [0.15, 0.2) is 0 Å². The summed E-state index contributed by atoms with van der Waals surface area (Å²) in [5, 5.41) is 14.1.